The summed E-state index contributed by atoms with van der Waals surface area (Å²) >= 11 is 0. The lowest BCUT2D eigenvalue weighted by atomic mass is 9.75. The Bertz CT molecular complexity index is 1820. The maximum atomic E-state index is 9.85. The van der Waals surface area contributed by atoms with Gasteiger partial charge in [0.25, 0.3) is 0 Å². The molecule has 5 heteroatoms. The minimum absolute atomic E-state index is 0.548. The van der Waals surface area contributed by atoms with Crippen LogP contribution in [0.1, 0.15) is 12.8 Å². The number of aromatic nitrogens is 1. The van der Waals surface area contributed by atoms with Crippen LogP contribution in [-0.2, 0) is 0 Å². The number of para-hydroxylation sites is 3. The SMILES string of the molecule is OB(O)C1=c2oc3c(-c4ccc(-n5c6ccccc6c6ccccc65)cc4)cccc3c2=CCC1. The van der Waals surface area contributed by atoms with E-state index in [0.717, 1.165) is 39.4 Å². The summed E-state index contributed by atoms with van der Waals surface area (Å²) in [5, 5.41) is 24.1. The Balaban J connectivity index is 1.41. The van der Waals surface area contributed by atoms with Gasteiger partial charge in [-0.1, -0.05) is 72.8 Å². The smallest absolute Gasteiger partial charge is 0.456 e. The van der Waals surface area contributed by atoms with Gasteiger partial charge >= 0.3 is 7.12 Å². The highest BCUT2D eigenvalue weighted by Gasteiger charge is 2.22. The minimum Gasteiger partial charge on any atom is -0.456 e. The van der Waals surface area contributed by atoms with E-state index in [1.807, 2.05) is 12.1 Å². The van der Waals surface area contributed by atoms with E-state index < -0.39 is 7.12 Å². The van der Waals surface area contributed by atoms with Crippen LogP contribution in [0.25, 0.3) is 61.1 Å². The van der Waals surface area contributed by atoms with Crippen molar-refractivity contribution in [3.05, 3.63) is 102 Å². The van der Waals surface area contributed by atoms with Crippen molar-refractivity contribution in [2.75, 3.05) is 0 Å². The Morgan fingerprint density at radius 1 is 0.714 bits per heavy atom. The second-order valence-corrected chi connectivity index (χ2v) is 9.09. The van der Waals surface area contributed by atoms with Crippen LogP contribution in [0, 0.1) is 0 Å². The van der Waals surface area contributed by atoms with E-state index in [2.05, 4.69) is 89.5 Å². The summed E-state index contributed by atoms with van der Waals surface area (Å²) in [7, 11) is -1.50. The summed E-state index contributed by atoms with van der Waals surface area (Å²) in [4.78, 5) is 0. The molecule has 2 heterocycles. The van der Waals surface area contributed by atoms with E-state index in [9.17, 15) is 10.0 Å². The van der Waals surface area contributed by atoms with Crippen LogP contribution in [0.3, 0.4) is 0 Å². The number of fused-ring (bicyclic) bond motifs is 6. The molecule has 4 nitrogen and oxygen atoms in total. The number of nitrogens with zero attached hydrogens (tertiary/aromatic N) is 1. The molecule has 0 spiro atoms. The Labute approximate surface area is 201 Å². The van der Waals surface area contributed by atoms with Crippen LogP contribution in [-0.4, -0.2) is 21.7 Å². The van der Waals surface area contributed by atoms with Crippen LogP contribution in [0.2, 0.25) is 0 Å². The predicted molar refractivity (Wildman–Crippen MR) is 143 cm³/mol. The minimum atomic E-state index is -1.50. The molecule has 0 aliphatic heterocycles. The van der Waals surface area contributed by atoms with Crippen LogP contribution >= 0.6 is 0 Å². The zero-order valence-electron chi connectivity index (χ0n) is 19.0. The van der Waals surface area contributed by atoms with Gasteiger partial charge in [0.15, 0.2) is 0 Å². The van der Waals surface area contributed by atoms with Gasteiger partial charge in [-0.05, 0) is 42.7 Å². The highest BCUT2D eigenvalue weighted by Crippen LogP contribution is 2.33. The lowest BCUT2D eigenvalue weighted by Gasteiger charge is -2.09. The van der Waals surface area contributed by atoms with Crippen LogP contribution in [0.5, 0.6) is 0 Å². The lowest BCUT2D eigenvalue weighted by Crippen LogP contribution is -2.32. The van der Waals surface area contributed by atoms with Crippen molar-refractivity contribution < 1.29 is 14.5 Å². The molecular weight excluding hydrogens is 433 g/mol. The number of rotatable bonds is 3. The number of benzene rings is 4. The molecule has 0 unspecified atom stereocenters. The molecule has 0 fully saturated rings. The van der Waals surface area contributed by atoms with E-state index in [1.54, 1.807) is 0 Å². The van der Waals surface area contributed by atoms with Crippen molar-refractivity contribution in [3.8, 4) is 16.8 Å². The third-order valence-corrected chi connectivity index (χ3v) is 7.14. The average Bonchev–Trinajstić information content (AvgIpc) is 3.45. The van der Waals surface area contributed by atoms with Gasteiger partial charge in [0.2, 0.25) is 0 Å². The van der Waals surface area contributed by atoms with E-state index in [0.29, 0.717) is 17.3 Å². The summed E-state index contributed by atoms with van der Waals surface area (Å²) in [6.07, 6.45) is 3.49. The van der Waals surface area contributed by atoms with E-state index >= 15 is 0 Å². The fraction of sp³-hybridized carbons (Fsp3) is 0.0667. The Hall–Kier alpha value is -4.06. The summed E-state index contributed by atoms with van der Waals surface area (Å²) in [5.41, 5.74) is 7.43. The van der Waals surface area contributed by atoms with Crippen molar-refractivity contribution >= 4 is 51.4 Å². The summed E-state index contributed by atoms with van der Waals surface area (Å²) < 4.78 is 8.58. The number of hydrogen-bond acceptors (Lipinski definition) is 3. The largest absolute Gasteiger partial charge is 0.488 e. The van der Waals surface area contributed by atoms with Crippen molar-refractivity contribution in [3.63, 3.8) is 0 Å². The molecule has 0 saturated carbocycles. The van der Waals surface area contributed by atoms with Gasteiger partial charge in [0, 0.05) is 38.1 Å². The third kappa shape index (κ3) is 3.02. The normalized spacial score (nSPS) is 13.4. The number of furan rings is 1. The number of hydrogen-bond donors (Lipinski definition) is 2. The molecule has 0 radical (unpaired) electrons. The first-order valence-electron chi connectivity index (χ1n) is 11.9. The van der Waals surface area contributed by atoms with Gasteiger partial charge in [-0.2, -0.15) is 0 Å². The van der Waals surface area contributed by atoms with Gasteiger partial charge in [-0.15, -0.1) is 0 Å². The molecule has 0 amide bonds. The third-order valence-electron chi connectivity index (χ3n) is 7.14. The van der Waals surface area contributed by atoms with Crippen molar-refractivity contribution in [2.45, 2.75) is 12.8 Å². The molecule has 2 N–H and O–H groups in total. The molecule has 0 bridgehead atoms. The monoisotopic (exact) mass is 455 g/mol. The molecule has 1 aliphatic carbocycles. The summed E-state index contributed by atoms with van der Waals surface area (Å²) in [6, 6.07) is 31.7. The first-order valence-corrected chi connectivity index (χ1v) is 11.9. The van der Waals surface area contributed by atoms with Crippen molar-refractivity contribution in [1.29, 1.82) is 0 Å². The van der Waals surface area contributed by atoms with Gasteiger partial charge in [0.1, 0.15) is 11.0 Å². The molecule has 4 aromatic carbocycles. The second-order valence-electron chi connectivity index (χ2n) is 9.09. The first-order chi connectivity index (χ1) is 17.2. The maximum absolute atomic E-state index is 9.85. The average molecular weight is 455 g/mol. The van der Waals surface area contributed by atoms with Crippen LogP contribution < -0.4 is 10.6 Å². The lowest BCUT2D eigenvalue weighted by molar-refractivity contribution is 0.422. The fourth-order valence-electron chi connectivity index (χ4n) is 5.53. The highest BCUT2D eigenvalue weighted by atomic mass is 16.4. The Kier molecular flexibility index (Phi) is 4.49. The topological polar surface area (TPSA) is 58.5 Å². The first kappa shape index (κ1) is 20.3. The van der Waals surface area contributed by atoms with E-state index in [1.165, 1.54) is 21.8 Å². The van der Waals surface area contributed by atoms with Crippen molar-refractivity contribution in [2.24, 2.45) is 0 Å². The van der Waals surface area contributed by atoms with E-state index in [4.69, 9.17) is 4.42 Å². The van der Waals surface area contributed by atoms with Gasteiger partial charge < -0.3 is 19.0 Å². The molecule has 0 atom stereocenters. The molecule has 2 aromatic heterocycles. The highest BCUT2D eigenvalue weighted by molar-refractivity contribution is 6.63. The zero-order valence-corrected chi connectivity index (χ0v) is 19.0. The standard InChI is InChI=1S/C30H22BNO3/c33-31(34)26-12-6-11-25-24-10-5-9-21(29(24)35-30(25)26)19-15-17-20(18-16-19)32-27-13-3-1-7-22(27)23-8-2-4-14-28(23)32/h1-5,7-11,13-18,33-34H,6,12H2. The fourth-order valence-corrected chi connectivity index (χ4v) is 5.53. The Morgan fingerprint density at radius 2 is 1.37 bits per heavy atom. The van der Waals surface area contributed by atoms with E-state index in [-0.39, 0.29) is 0 Å². The molecule has 168 valence electrons. The predicted octanol–water partition coefficient (Wildman–Crippen LogP) is 4.93. The van der Waals surface area contributed by atoms with Crippen LogP contribution in [0.15, 0.2) is 95.4 Å². The molecule has 0 saturated heterocycles. The second kappa shape index (κ2) is 7.74. The zero-order chi connectivity index (χ0) is 23.5. The molecule has 7 rings (SSSR count). The summed E-state index contributed by atoms with van der Waals surface area (Å²) in [6.45, 7) is 0. The van der Waals surface area contributed by atoms with Gasteiger partial charge in [0.05, 0.1) is 11.0 Å². The molecule has 1 aliphatic rings. The molecule has 6 aromatic rings. The van der Waals surface area contributed by atoms with Gasteiger partial charge in [-0.3, -0.25) is 0 Å². The quantitative estimate of drug-likeness (QED) is 0.372. The summed E-state index contributed by atoms with van der Waals surface area (Å²) in [5.74, 6) is 0. The van der Waals surface area contributed by atoms with Gasteiger partial charge in [-0.25, -0.2) is 0 Å². The maximum Gasteiger partial charge on any atom is 0.488 e. The molecular formula is C30H22BNO3. The van der Waals surface area contributed by atoms with Crippen molar-refractivity contribution in [1.82, 2.24) is 4.57 Å². The Morgan fingerprint density at radius 3 is 2.06 bits per heavy atom. The molecule has 35 heavy (non-hydrogen) atoms. The van der Waals surface area contributed by atoms with Crippen LogP contribution in [0.4, 0.5) is 0 Å².